The summed E-state index contributed by atoms with van der Waals surface area (Å²) in [4.78, 5) is 32.4. The van der Waals surface area contributed by atoms with Crippen LogP contribution in [0.1, 0.15) is 18.1 Å². The fourth-order valence-corrected chi connectivity index (χ4v) is 4.40. The number of carbonyl (C=O) groups is 2. The maximum atomic E-state index is 13.4. The normalized spacial score (nSPS) is 16.8. The number of amides is 2. The number of hydrogen-bond acceptors (Lipinski definition) is 6. The summed E-state index contributed by atoms with van der Waals surface area (Å²) in [6.07, 6.45) is 0. The molecule has 0 atom stereocenters. The van der Waals surface area contributed by atoms with Crippen LogP contribution in [0.4, 0.5) is 5.69 Å². The lowest BCUT2D eigenvalue weighted by Gasteiger charge is -2.37. The molecule has 2 aromatic carbocycles. The molecule has 0 saturated carbocycles. The first-order valence-corrected chi connectivity index (χ1v) is 11.4. The van der Waals surface area contributed by atoms with Gasteiger partial charge in [-0.3, -0.25) is 14.5 Å². The molecule has 1 saturated heterocycles. The van der Waals surface area contributed by atoms with Crippen molar-refractivity contribution in [1.82, 2.24) is 9.80 Å². The molecule has 2 aliphatic heterocycles. The minimum atomic E-state index is -0.266. The number of imide groups is 1. The molecular formula is C26H31N3O4. The van der Waals surface area contributed by atoms with Crippen LogP contribution in [0, 0.1) is 6.92 Å². The second-order valence-electron chi connectivity index (χ2n) is 8.25. The van der Waals surface area contributed by atoms with Crippen molar-refractivity contribution in [3.05, 3.63) is 65.4 Å². The van der Waals surface area contributed by atoms with Crippen molar-refractivity contribution < 1.29 is 19.1 Å². The molecule has 0 unspecified atom stereocenters. The van der Waals surface area contributed by atoms with Gasteiger partial charge in [-0.15, -0.1) is 0 Å². The Kier molecular flexibility index (Phi) is 6.99. The van der Waals surface area contributed by atoms with E-state index in [4.69, 9.17) is 9.47 Å². The smallest absolute Gasteiger partial charge is 0.277 e. The number of hydrogen-bond donors (Lipinski definition) is 0. The second-order valence-corrected chi connectivity index (χ2v) is 8.25. The van der Waals surface area contributed by atoms with Crippen molar-refractivity contribution in [2.24, 2.45) is 0 Å². The van der Waals surface area contributed by atoms with Gasteiger partial charge in [0.15, 0.2) is 0 Å². The second kappa shape index (κ2) is 10.1. The SMILES string of the molecule is CCOc1ccc(C2=C(N3CCN(c4cccc(C)c4)CC3)C(=O)N(CCOC)C2=O)cc1. The van der Waals surface area contributed by atoms with Crippen molar-refractivity contribution >= 4 is 23.1 Å². The van der Waals surface area contributed by atoms with Gasteiger partial charge >= 0.3 is 0 Å². The quantitative estimate of drug-likeness (QED) is 0.578. The van der Waals surface area contributed by atoms with Crippen LogP contribution in [0.2, 0.25) is 0 Å². The van der Waals surface area contributed by atoms with Gasteiger partial charge in [0.25, 0.3) is 11.8 Å². The van der Waals surface area contributed by atoms with Crippen LogP contribution in [0.15, 0.2) is 54.2 Å². The summed E-state index contributed by atoms with van der Waals surface area (Å²) in [6, 6.07) is 15.8. The molecule has 2 aliphatic rings. The average Bonchev–Trinajstić information content (AvgIpc) is 3.08. The van der Waals surface area contributed by atoms with E-state index in [1.54, 1.807) is 7.11 Å². The maximum Gasteiger partial charge on any atom is 0.277 e. The number of carbonyl (C=O) groups excluding carboxylic acids is 2. The number of ether oxygens (including phenoxy) is 2. The highest BCUT2D eigenvalue weighted by Crippen LogP contribution is 2.33. The summed E-state index contributed by atoms with van der Waals surface area (Å²) < 4.78 is 10.7. The third-order valence-corrected chi connectivity index (χ3v) is 6.08. The van der Waals surface area contributed by atoms with E-state index in [2.05, 4.69) is 41.0 Å². The summed E-state index contributed by atoms with van der Waals surface area (Å²) in [5, 5.41) is 0. The molecule has 2 aromatic rings. The minimum Gasteiger partial charge on any atom is -0.494 e. The number of nitrogens with zero attached hydrogens (tertiary/aromatic N) is 3. The highest BCUT2D eigenvalue weighted by atomic mass is 16.5. The summed E-state index contributed by atoms with van der Waals surface area (Å²) in [7, 11) is 1.57. The van der Waals surface area contributed by atoms with E-state index in [0.29, 0.717) is 37.6 Å². The number of aryl methyl sites for hydroxylation is 1. The van der Waals surface area contributed by atoms with Gasteiger partial charge in [0, 0.05) is 39.0 Å². The number of methoxy groups -OCH3 is 1. The molecular weight excluding hydrogens is 418 g/mol. The zero-order valence-electron chi connectivity index (χ0n) is 19.5. The van der Waals surface area contributed by atoms with Crippen molar-refractivity contribution in [3.63, 3.8) is 0 Å². The van der Waals surface area contributed by atoms with Crippen molar-refractivity contribution in [2.45, 2.75) is 13.8 Å². The highest BCUT2D eigenvalue weighted by Gasteiger charge is 2.42. The first-order chi connectivity index (χ1) is 16.0. The minimum absolute atomic E-state index is 0.238. The van der Waals surface area contributed by atoms with Crippen LogP contribution in [0.3, 0.4) is 0 Å². The van der Waals surface area contributed by atoms with Crippen LogP contribution < -0.4 is 9.64 Å². The van der Waals surface area contributed by atoms with Gasteiger partial charge in [-0.05, 0) is 49.2 Å². The van der Waals surface area contributed by atoms with Gasteiger partial charge in [-0.25, -0.2) is 0 Å². The van der Waals surface area contributed by atoms with Crippen LogP contribution in [-0.4, -0.2) is 74.7 Å². The molecule has 0 aromatic heterocycles. The van der Waals surface area contributed by atoms with E-state index >= 15 is 0 Å². The van der Waals surface area contributed by atoms with Gasteiger partial charge in [-0.2, -0.15) is 0 Å². The fraction of sp³-hybridized carbons (Fsp3) is 0.385. The molecule has 0 radical (unpaired) electrons. The predicted molar refractivity (Wildman–Crippen MR) is 128 cm³/mol. The first-order valence-electron chi connectivity index (χ1n) is 11.4. The molecule has 7 heteroatoms. The Morgan fingerprint density at radius 3 is 2.24 bits per heavy atom. The predicted octanol–water partition coefficient (Wildman–Crippen LogP) is 2.94. The molecule has 0 bridgehead atoms. The molecule has 33 heavy (non-hydrogen) atoms. The van der Waals surface area contributed by atoms with E-state index in [9.17, 15) is 9.59 Å². The number of rotatable bonds is 8. The van der Waals surface area contributed by atoms with Crippen LogP contribution in [-0.2, 0) is 14.3 Å². The molecule has 2 amide bonds. The van der Waals surface area contributed by atoms with E-state index in [1.807, 2.05) is 31.2 Å². The molecule has 0 spiro atoms. The van der Waals surface area contributed by atoms with E-state index < -0.39 is 0 Å². The van der Waals surface area contributed by atoms with Gasteiger partial charge in [0.05, 0.1) is 25.3 Å². The third-order valence-electron chi connectivity index (χ3n) is 6.08. The summed E-state index contributed by atoms with van der Waals surface area (Å²) in [5.41, 5.74) is 4.09. The van der Waals surface area contributed by atoms with E-state index in [-0.39, 0.29) is 18.4 Å². The topological polar surface area (TPSA) is 62.3 Å². The molecule has 174 valence electrons. The maximum absolute atomic E-state index is 13.4. The Balaban J connectivity index is 1.61. The van der Waals surface area contributed by atoms with E-state index in [0.717, 1.165) is 24.4 Å². The lowest BCUT2D eigenvalue weighted by molar-refractivity contribution is -0.138. The Hall–Kier alpha value is -3.32. The third kappa shape index (κ3) is 4.73. The van der Waals surface area contributed by atoms with E-state index in [1.165, 1.54) is 16.2 Å². The number of benzene rings is 2. The van der Waals surface area contributed by atoms with Crippen molar-refractivity contribution in [3.8, 4) is 5.75 Å². The molecule has 4 rings (SSSR count). The van der Waals surface area contributed by atoms with Crippen molar-refractivity contribution in [1.29, 1.82) is 0 Å². The summed E-state index contributed by atoms with van der Waals surface area (Å²) in [5.74, 6) is 0.227. The molecule has 2 heterocycles. The van der Waals surface area contributed by atoms with Crippen LogP contribution in [0.5, 0.6) is 5.75 Å². The largest absolute Gasteiger partial charge is 0.494 e. The van der Waals surface area contributed by atoms with Gasteiger partial charge in [0.2, 0.25) is 0 Å². The van der Waals surface area contributed by atoms with Crippen molar-refractivity contribution in [2.75, 3.05) is 57.9 Å². The molecule has 0 aliphatic carbocycles. The first kappa shape index (κ1) is 22.9. The standard InChI is InChI=1S/C26H31N3O4/c1-4-33-22-10-8-20(9-11-22)23-24(26(31)29(25(23)30)16-17-32-3)28-14-12-27(13-15-28)21-7-5-6-19(2)18-21/h5-11,18H,4,12-17H2,1-3H3. The van der Waals surface area contributed by atoms with Gasteiger partial charge in [0.1, 0.15) is 11.4 Å². The van der Waals surface area contributed by atoms with Gasteiger partial charge < -0.3 is 19.3 Å². The Morgan fingerprint density at radius 1 is 0.909 bits per heavy atom. The molecule has 1 fully saturated rings. The van der Waals surface area contributed by atoms with Crippen LogP contribution in [0.25, 0.3) is 5.57 Å². The van der Waals surface area contributed by atoms with Gasteiger partial charge in [-0.1, -0.05) is 24.3 Å². The average molecular weight is 450 g/mol. The monoisotopic (exact) mass is 449 g/mol. The lowest BCUT2D eigenvalue weighted by Crippen LogP contribution is -2.47. The fourth-order valence-electron chi connectivity index (χ4n) is 4.40. The molecule has 0 N–H and O–H groups in total. The Labute approximate surface area is 195 Å². The zero-order valence-corrected chi connectivity index (χ0v) is 19.5. The number of anilines is 1. The summed E-state index contributed by atoms with van der Waals surface area (Å²) in [6.45, 7) is 8.03. The zero-order chi connectivity index (χ0) is 23.4. The Bertz CT molecular complexity index is 1040. The molecule has 7 nitrogen and oxygen atoms in total. The number of piperazine rings is 1. The highest BCUT2D eigenvalue weighted by molar-refractivity contribution is 6.35. The lowest BCUT2D eigenvalue weighted by atomic mass is 10.0. The van der Waals surface area contributed by atoms with Crippen LogP contribution >= 0.6 is 0 Å². The summed E-state index contributed by atoms with van der Waals surface area (Å²) >= 11 is 0. The Morgan fingerprint density at radius 2 is 1.61 bits per heavy atom.